The number of ketones is 1. The van der Waals surface area contributed by atoms with E-state index in [0.717, 1.165) is 0 Å². The number of amides is 2. The van der Waals surface area contributed by atoms with E-state index < -0.39 is 23.7 Å². The van der Waals surface area contributed by atoms with Gasteiger partial charge in [-0.05, 0) is 24.3 Å². The highest BCUT2D eigenvalue weighted by atomic mass is 16.5. The van der Waals surface area contributed by atoms with Crippen molar-refractivity contribution in [2.24, 2.45) is 5.92 Å². The maximum atomic E-state index is 12.5. The molecule has 0 aliphatic carbocycles. The quantitative estimate of drug-likeness (QED) is 0.637. The van der Waals surface area contributed by atoms with E-state index in [1.807, 2.05) is 0 Å². The molecule has 1 heterocycles. The maximum absolute atomic E-state index is 12.5. The minimum atomic E-state index is -1.55. The minimum absolute atomic E-state index is 0.108. The lowest BCUT2D eigenvalue weighted by Crippen LogP contribution is -2.29. The third-order valence-corrected chi connectivity index (χ3v) is 3.15. The van der Waals surface area contributed by atoms with Crippen molar-refractivity contribution in [3.63, 3.8) is 0 Å². The molecule has 0 spiro atoms. The summed E-state index contributed by atoms with van der Waals surface area (Å²) in [5.41, 5.74) is 0.413. The second-order valence-corrected chi connectivity index (χ2v) is 4.83. The Kier molecular flexibility index (Phi) is 5.79. The second-order valence-electron chi connectivity index (χ2n) is 4.83. The maximum Gasteiger partial charge on any atom is 0.411 e. The molecule has 126 valence electrons. The summed E-state index contributed by atoms with van der Waals surface area (Å²) in [6.07, 6.45) is 0.773. The number of pyridine rings is 1. The molecule has 1 aromatic heterocycles. The van der Waals surface area contributed by atoms with E-state index >= 15 is 0 Å². The summed E-state index contributed by atoms with van der Waals surface area (Å²) < 4.78 is 4.47. The zero-order valence-corrected chi connectivity index (χ0v) is 13.2. The van der Waals surface area contributed by atoms with Gasteiger partial charge in [-0.3, -0.25) is 14.9 Å². The van der Waals surface area contributed by atoms with Crippen LogP contribution in [0.15, 0.2) is 48.7 Å². The summed E-state index contributed by atoms with van der Waals surface area (Å²) in [4.78, 5) is 39.8. The van der Waals surface area contributed by atoms with Gasteiger partial charge in [-0.25, -0.2) is 9.78 Å². The molecule has 8 nitrogen and oxygen atoms in total. The van der Waals surface area contributed by atoms with Gasteiger partial charge in [-0.1, -0.05) is 18.2 Å². The molecular formula is C17H14N4O4. The number of nitriles is 1. The third kappa shape index (κ3) is 4.62. The Morgan fingerprint density at radius 1 is 1.16 bits per heavy atom. The minimum Gasteiger partial charge on any atom is -0.453 e. The largest absolute Gasteiger partial charge is 0.453 e. The van der Waals surface area contributed by atoms with Crippen molar-refractivity contribution in [3.05, 3.63) is 54.2 Å². The van der Waals surface area contributed by atoms with Crippen molar-refractivity contribution in [3.8, 4) is 6.07 Å². The van der Waals surface area contributed by atoms with Gasteiger partial charge in [0.2, 0.25) is 0 Å². The number of hydrogen-bond acceptors (Lipinski definition) is 6. The molecule has 2 rings (SSSR count). The molecule has 8 heteroatoms. The standard InChI is InChI=1S/C17H14N4O4/c1-25-17(24)20-12-6-4-5-11(9-12)15(22)13(10-18)16(23)21-14-7-2-3-8-19-14/h2-9,13H,1H3,(H,20,24)(H,19,21,23)/t13-/m1/s1. The average Bonchev–Trinajstić information content (AvgIpc) is 2.63. The van der Waals surface area contributed by atoms with Crippen LogP contribution in [0.3, 0.4) is 0 Å². The van der Waals surface area contributed by atoms with Gasteiger partial charge in [-0.15, -0.1) is 0 Å². The molecule has 25 heavy (non-hydrogen) atoms. The van der Waals surface area contributed by atoms with Crippen LogP contribution in [-0.2, 0) is 9.53 Å². The number of nitrogens with zero attached hydrogens (tertiary/aromatic N) is 2. The van der Waals surface area contributed by atoms with Gasteiger partial charge in [0.25, 0.3) is 5.91 Å². The highest BCUT2D eigenvalue weighted by molar-refractivity contribution is 6.15. The van der Waals surface area contributed by atoms with Gasteiger partial charge in [0.15, 0.2) is 11.7 Å². The Hall–Kier alpha value is -3.73. The number of hydrogen-bond donors (Lipinski definition) is 2. The topological polar surface area (TPSA) is 121 Å². The molecule has 0 unspecified atom stereocenters. The second kappa shape index (κ2) is 8.21. The van der Waals surface area contributed by atoms with Gasteiger partial charge in [0, 0.05) is 17.4 Å². The fourth-order valence-electron chi connectivity index (χ4n) is 1.96. The van der Waals surface area contributed by atoms with E-state index in [9.17, 15) is 19.6 Å². The van der Waals surface area contributed by atoms with Crippen LogP contribution in [0.4, 0.5) is 16.3 Å². The van der Waals surface area contributed by atoms with Crippen molar-refractivity contribution >= 4 is 29.3 Å². The number of methoxy groups -OCH3 is 1. The highest BCUT2D eigenvalue weighted by Crippen LogP contribution is 2.16. The first kappa shape index (κ1) is 17.6. The summed E-state index contributed by atoms with van der Waals surface area (Å²) in [6, 6.07) is 12.4. The molecule has 0 saturated carbocycles. The van der Waals surface area contributed by atoms with Crippen LogP contribution in [0.5, 0.6) is 0 Å². The zero-order chi connectivity index (χ0) is 18.2. The molecule has 0 bridgehead atoms. The van der Waals surface area contributed by atoms with E-state index in [-0.39, 0.29) is 11.4 Å². The predicted octanol–water partition coefficient (Wildman–Crippen LogP) is 2.22. The van der Waals surface area contributed by atoms with Crippen LogP contribution in [0.2, 0.25) is 0 Å². The summed E-state index contributed by atoms with van der Waals surface area (Å²) in [5.74, 6) is -2.78. The lowest BCUT2D eigenvalue weighted by Gasteiger charge is -2.10. The van der Waals surface area contributed by atoms with Crippen LogP contribution < -0.4 is 10.6 Å². The predicted molar refractivity (Wildman–Crippen MR) is 88.8 cm³/mol. The fraction of sp³-hybridized carbons (Fsp3) is 0.118. The number of nitrogens with one attached hydrogen (secondary N) is 2. The normalized spacial score (nSPS) is 10.9. The summed E-state index contributed by atoms with van der Waals surface area (Å²) in [6.45, 7) is 0. The summed E-state index contributed by atoms with van der Waals surface area (Å²) in [5, 5.41) is 14.0. The van der Waals surface area contributed by atoms with Crippen molar-refractivity contribution in [2.45, 2.75) is 0 Å². The number of rotatable bonds is 5. The number of ether oxygens (including phenoxy) is 1. The number of Topliss-reactive ketones (excluding diaryl/α,β-unsaturated/α-hetero) is 1. The lowest BCUT2D eigenvalue weighted by atomic mass is 9.97. The van der Waals surface area contributed by atoms with Gasteiger partial charge in [0.05, 0.1) is 13.2 Å². The SMILES string of the molecule is COC(=O)Nc1cccc(C(=O)[C@@H](C#N)C(=O)Nc2ccccn2)c1. The summed E-state index contributed by atoms with van der Waals surface area (Å²) >= 11 is 0. The molecule has 2 amide bonds. The van der Waals surface area contributed by atoms with Crippen LogP contribution >= 0.6 is 0 Å². The molecule has 0 aliphatic rings. The Morgan fingerprint density at radius 2 is 1.96 bits per heavy atom. The van der Waals surface area contributed by atoms with E-state index in [0.29, 0.717) is 5.69 Å². The molecule has 0 fully saturated rings. The summed E-state index contributed by atoms with van der Waals surface area (Å²) in [7, 11) is 1.21. The van der Waals surface area contributed by atoms with Gasteiger partial charge >= 0.3 is 6.09 Å². The molecule has 2 aromatic rings. The molecule has 0 saturated heterocycles. The molecule has 1 aromatic carbocycles. The zero-order valence-electron chi connectivity index (χ0n) is 13.2. The average molecular weight is 338 g/mol. The number of aromatic nitrogens is 1. The van der Waals surface area contributed by atoms with E-state index in [1.165, 1.54) is 37.6 Å². The molecule has 0 radical (unpaired) electrons. The Morgan fingerprint density at radius 3 is 2.60 bits per heavy atom. The van der Waals surface area contributed by atoms with Crippen LogP contribution in [0.1, 0.15) is 10.4 Å². The lowest BCUT2D eigenvalue weighted by molar-refractivity contribution is -0.117. The Balaban J connectivity index is 2.16. The monoisotopic (exact) mass is 338 g/mol. The number of carbonyl (C=O) groups excluding carboxylic acids is 3. The van der Waals surface area contributed by atoms with Crippen molar-refractivity contribution in [2.75, 3.05) is 17.7 Å². The first-order valence-corrected chi connectivity index (χ1v) is 7.16. The van der Waals surface area contributed by atoms with Crippen LogP contribution in [0, 0.1) is 17.2 Å². The number of carbonyl (C=O) groups is 3. The van der Waals surface area contributed by atoms with Crippen LogP contribution in [-0.4, -0.2) is 29.9 Å². The van der Waals surface area contributed by atoms with Crippen molar-refractivity contribution < 1.29 is 19.1 Å². The smallest absolute Gasteiger partial charge is 0.411 e. The van der Waals surface area contributed by atoms with Crippen molar-refractivity contribution in [1.82, 2.24) is 4.98 Å². The highest BCUT2D eigenvalue weighted by Gasteiger charge is 2.28. The molecule has 0 aliphatic heterocycles. The Bertz CT molecular complexity index is 830. The van der Waals surface area contributed by atoms with Gasteiger partial charge in [0.1, 0.15) is 5.82 Å². The van der Waals surface area contributed by atoms with Crippen molar-refractivity contribution in [1.29, 1.82) is 5.26 Å². The van der Waals surface area contributed by atoms with E-state index in [4.69, 9.17) is 0 Å². The molecule has 2 N–H and O–H groups in total. The third-order valence-electron chi connectivity index (χ3n) is 3.15. The Labute approximate surface area is 143 Å². The first-order valence-electron chi connectivity index (χ1n) is 7.16. The molecular weight excluding hydrogens is 324 g/mol. The fourth-order valence-corrected chi connectivity index (χ4v) is 1.96. The van der Waals surface area contributed by atoms with E-state index in [2.05, 4.69) is 20.4 Å². The first-order chi connectivity index (χ1) is 12.0. The van der Waals surface area contributed by atoms with Gasteiger partial charge in [-0.2, -0.15) is 5.26 Å². The number of anilines is 2. The molecule has 1 atom stereocenters. The van der Waals surface area contributed by atoms with Crippen LogP contribution in [0.25, 0.3) is 0 Å². The van der Waals surface area contributed by atoms with Gasteiger partial charge < -0.3 is 10.1 Å². The van der Waals surface area contributed by atoms with E-state index in [1.54, 1.807) is 24.3 Å². The number of benzene rings is 1.